The van der Waals surface area contributed by atoms with Gasteiger partial charge in [0.25, 0.3) is 0 Å². The van der Waals surface area contributed by atoms with Crippen LogP contribution in [0.2, 0.25) is 0 Å². The predicted octanol–water partition coefficient (Wildman–Crippen LogP) is 15.6. The van der Waals surface area contributed by atoms with E-state index in [1.807, 2.05) is 47.0 Å². The van der Waals surface area contributed by atoms with Gasteiger partial charge in [0.05, 0.1) is 44.3 Å². The highest BCUT2D eigenvalue weighted by Crippen LogP contribution is 2.46. The second kappa shape index (κ2) is 13.4. The number of rotatable bonds is 5. The first kappa shape index (κ1) is 31.2. The maximum absolute atomic E-state index is 9.47. The van der Waals surface area contributed by atoms with Crippen LogP contribution in [0.1, 0.15) is 5.48 Å². The van der Waals surface area contributed by atoms with E-state index >= 15 is 0 Å². The number of pyridine rings is 1. The Labute approximate surface area is 372 Å². The zero-order chi connectivity index (χ0) is 45.4. The van der Waals surface area contributed by atoms with Gasteiger partial charge in [-0.3, -0.25) is 9.13 Å². The van der Waals surface area contributed by atoms with Crippen molar-refractivity contribution in [2.24, 2.45) is 0 Å². The summed E-state index contributed by atoms with van der Waals surface area (Å²) in [7, 11) is 0. The first-order valence-corrected chi connectivity index (χ1v) is 21.5. The van der Waals surface area contributed by atoms with Gasteiger partial charge in [0.15, 0.2) is 0 Å². The van der Waals surface area contributed by atoms with E-state index in [1.165, 1.54) is 0 Å². The Bertz CT molecular complexity index is 4350. The summed E-state index contributed by atoms with van der Waals surface area (Å²) < 4.78 is 49.5. The lowest BCUT2D eigenvalue weighted by molar-refractivity contribution is 0.669. The molecule has 0 spiro atoms. The van der Waals surface area contributed by atoms with E-state index in [0.717, 1.165) is 99.0 Å². The highest BCUT2D eigenvalue weighted by Gasteiger charge is 2.24. The Morgan fingerprint density at radius 2 is 0.828 bits per heavy atom. The fourth-order valence-corrected chi connectivity index (χ4v) is 10.4. The van der Waals surface area contributed by atoms with Gasteiger partial charge >= 0.3 is 0 Å². The predicted molar refractivity (Wildman–Crippen MR) is 265 cm³/mol. The summed E-state index contributed by atoms with van der Waals surface area (Å²) in [4.78, 5) is 5.60. The minimum absolute atomic E-state index is 0.0887. The van der Waals surface area contributed by atoms with Crippen LogP contribution in [0.5, 0.6) is 0 Å². The lowest BCUT2D eigenvalue weighted by Crippen LogP contribution is -2.06. The number of para-hydroxylation sites is 7. The van der Waals surface area contributed by atoms with Crippen LogP contribution in [0.3, 0.4) is 0 Å². The molecule has 0 N–H and O–H groups in total. The van der Waals surface area contributed by atoms with Crippen molar-refractivity contribution < 1.29 is 9.90 Å². The smallest absolute Gasteiger partial charge is 0.140 e. The van der Waals surface area contributed by atoms with Crippen molar-refractivity contribution in [1.82, 2.24) is 18.7 Å². The van der Waals surface area contributed by atoms with Crippen LogP contribution >= 0.6 is 0 Å². The van der Waals surface area contributed by atoms with E-state index in [2.05, 4.69) is 161 Å². The molecule has 5 heteroatoms. The minimum Gasteiger partial charge on any atom is -0.456 e. The number of benzene rings is 9. The number of hydrogen-bond donors (Lipinski definition) is 0. The number of fused-ring (bicyclic) bond motifs is 12. The number of nitrogens with zero attached hydrogens (tertiary/aromatic N) is 4. The number of hydrogen-bond acceptors (Lipinski definition) is 2. The van der Waals surface area contributed by atoms with Crippen LogP contribution in [-0.2, 0) is 0 Å². The van der Waals surface area contributed by atoms with Crippen LogP contribution in [-0.4, -0.2) is 18.7 Å². The maximum atomic E-state index is 9.47. The summed E-state index contributed by atoms with van der Waals surface area (Å²) in [6, 6.07) is 66.1. The summed E-state index contributed by atoms with van der Waals surface area (Å²) in [6.45, 7) is 0. The zero-order valence-electron chi connectivity index (χ0n) is 38.2. The summed E-state index contributed by atoms with van der Waals surface area (Å²) in [5.74, 6) is 1.15. The van der Waals surface area contributed by atoms with Crippen molar-refractivity contribution in [2.75, 3.05) is 0 Å². The fraction of sp³-hybridized carbons (Fsp3) is 0. The van der Waals surface area contributed by atoms with E-state index in [9.17, 15) is 2.74 Å². The lowest BCUT2D eigenvalue weighted by Gasteiger charge is -2.21. The third-order valence-corrected chi connectivity index (χ3v) is 13.0. The van der Waals surface area contributed by atoms with Gasteiger partial charge in [0.2, 0.25) is 0 Å². The Balaban J connectivity index is 1.19. The highest BCUT2D eigenvalue weighted by molar-refractivity contribution is 6.16. The van der Waals surface area contributed by atoms with E-state index < -0.39 is 0 Å². The second-order valence-corrected chi connectivity index (χ2v) is 16.4. The number of aromatic nitrogens is 4. The molecule has 0 bridgehead atoms. The molecule has 0 unspecified atom stereocenters. The second-order valence-electron chi connectivity index (χ2n) is 16.4. The van der Waals surface area contributed by atoms with Crippen LogP contribution < -0.4 is 0 Å². The molecule has 0 aliphatic carbocycles. The third kappa shape index (κ3) is 4.92. The average molecular weight is 821 g/mol. The molecule has 0 fully saturated rings. The van der Waals surface area contributed by atoms with Crippen LogP contribution in [0.25, 0.3) is 127 Å². The topological polar surface area (TPSA) is 40.8 Å². The van der Waals surface area contributed by atoms with Gasteiger partial charge in [0, 0.05) is 48.7 Å². The van der Waals surface area contributed by atoms with Gasteiger partial charge in [-0.05, 0) is 83.4 Å². The molecule has 9 aromatic carbocycles. The summed E-state index contributed by atoms with van der Waals surface area (Å²) in [6.07, 6.45) is 0. The first-order valence-electron chi connectivity index (χ1n) is 23.5. The Morgan fingerprint density at radius 3 is 1.44 bits per heavy atom. The molecular weight excluding hydrogens is 781 g/mol. The monoisotopic (exact) mass is 820 g/mol. The molecular formula is C59H36N4O. The molecule has 0 amide bonds. The molecule has 5 heterocycles. The van der Waals surface area contributed by atoms with Gasteiger partial charge in [-0.1, -0.05) is 152 Å². The maximum Gasteiger partial charge on any atom is 0.140 e. The normalized spacial score (nSPS) is 12.9. The molecule has 5 nitrogen and oxygen atoms in total. The van der Waals surface area contributed by atoms with Crippen molar-refractivity contribution in [1.29, 1.82) is 0 Å². The molecule has 0 saturated heterocycles. The molecule has 0 aliphatic heterocycles. The Kier molecular flexibility index (Phi) is 6.54. The fourth-order valence-electron chi connectivity index (χ4n) is 10.4. The quantitative estimate of drug-likeness (QED) is 0.174. The van der Waals surface area contributed by atoms with E-state index in [4.69, 9.17) is 12.1 Å². The SMILES string of the molecule is [2H]c1c([2H])c([2H])c2c(c1[2H])c1ccccc1n2-c1cc(-c2c(-c3cccc4oc5ccccc5c34)cccc2-n2c3ccccc3c3ccccc32)cc(-n2c3ccccc3c3ccccc32)n1. The standard InChI is InChI=1S/C59H36N4O/c1-8-26-47-38(17-1)39-18-2-9-27-48(39)61(47)53-32-15-24-44(45-25-16-34-55-59(45)46-23-7-14-33-54(46)64-55)58(53)37-35-56(62-49-28-10-3-19-40(49)41-20-4-11-29-50(41)62)60-57(36-37)63-51-30-12-5-21-42(51)43-22-6-13-31-52(43)63/h1-36H/i3D,10D,19D,28D. The zero-order valence-corrected chi connectivity index (χ0v) is 34.2. The van der Waals surface area contributed by atoms with Gasteiger partial charge in [-0.25, -0.2) is 4.98 Å². The van der Waals surface area contributed by atoms with Gasteiger partial charge in [-0.15, -0.1) is 0 Å². The third-order valence-electron chi connectivity index (χ3n) is 13.0. The lowest BCUT2D eigenvalue weighted by atomic mass is 9.90. The van der Waals surface area contributed by atoms with Gasteiger partial charge < -0.3 is 8.98 Å². The van der Waals surface area contributed by atoms with E-state index in [-0.39, 0.29) is 24.2 Å². The molecule has 14 aromatic rings. The van der Waals surface area contributed by atoms with Crippen LogP contribution in [0, 0.1) is 0 Å². The summed E-state index contributed by atoms with van der Waals surface area (Å²) in [5.41, 5.74) is 11.5. The van der Waals surface area contributed by atoms with Crippen molar-refractivity contribution >= 4 is 87.4 Å². The molecule has 5 aromatic heterocycles. The molecule has 14 rings (SSSR count). The van der Waals surface area contributed by atoms with Crippen LogP contribution in [0.15, 0.2) is 223 Å². The molecule has 298 valence electrons. The first-order chi connectivity index (χ1) is 33.4. The molecule has 0 saturated carbocycles. The molecule has 0 radical (unpaired) electrons. The average Bonchev–Trinajstić information content (AvgIpc) is 4.14. The van der Waals surface area contributed by atoms with Crippen molar-refractivity contribution in [2.45, 2.75) is 0 Å². The Hall–Kier alpha value is -8.67. The number of furan rings is 1. The van der Waals surface area contributed by atoms with Gasteiger partial charge in [0.1, 0.15) is 22.8 Å². The highest BCUT2D eigenvalue weighted by atomic mass is 16.3. The molecule has 64 heavy (non-hydrogen) atoms. The Morgan fingerprint density at radius 1 is 0.375 bits per heavy atom. The van der Waals surface area contributed by atoms with E-state index in [0.29, 0.717) is 27.9 Å². The van der Waals surface area contributed by atoms with Crippen molar-refractivity contribution in [3.63, 3.8) is 0 Å². The largest absolute Gasteiger partial charge is 0.456 e. The van der Waals surface area contributed by atoms with Gasteiger partial charge in [-0.2, -0.15) is 0 Å². The summed E-state index contributed by atoms with van der Waals surface area (Å²) in [5, 5.41) is 7.66. The molecule has 0 atom stereocenters. The minimum atomic E-state index is -0.301. The van der Waals surface area contributed by atoms with Crippen molar-refractivity contribution in [3.8, 4) is 39.6 Å². The van der Waals surface area contributed by atoms with Crippen LogP contribution in [0.4, 0.5) is 0 Å². The molecule has 0 aliphatic rings. The summed E-state index contributed by atoms with van der Waals surface area (Å²) >= 11 is 0. The van der Waals surface area contributed by atoms with Crippen molar-refractivity contribution in [3.05, 3.63) is 218 Å². The van der Waals surface area contributed by atoms with E-state index in [1.54, 1.807) is 0 Å².